The molecule has 12 nitrogen and oxygen atoms in total. The van der Waals surface area contributed by atoms with Gasteiger partial charge in [0.15, 0.2) is 29.2 Å². The van der Waals surface area contributed by atoms with Gasteiger partial charge in [-0.2, -0.15) is 0 Å². The predicted octanol–water partition coefficient (Wildman–Crippen LogP) is 7.82. The summed E-state index contributed by atoms with van der Waals surface area (Å²) in [6.07, 6.45) is 7.90. The smallest absolute Gasteiger partial charge is 0.326 e. The number of carbonyl (C=O) groups excluding carboxylic acids is 2. The van der Waals surface area contributed by atoms with Gasteiger partial charge < -0.3 is 34.0 Å². The number of oxazole rings is 1. The quantitative estimate of drug-likeness (QED) is 0.135. The number of carboxylic acid groups (broad SMARTS) is 1. The van der Waals surface area contributed by atoms with Gasteiger partial charge in [0.2, 0.25) is 5.91 Å². The molecule has 1 fully saturated rings. The molecule has 306 valence electrons. The number of fused-ring (bicyclic) bond motifs is 2. The van der Waals surface area contributed by atoms with Crippen LogP contribution >= 0.6 is 0 Å². The SMILES string of the molecule is Cc1nc(C(=O)N2Cc3cc4c(cc3CC2C(=O)NC(Cc2ccc(-c3ccnc(C)c3C)cc2)C(=O)O)OCC(c2ccc(OCC3CCCCC3)cc2)O4)c(C)o1. The van der Waals surface area contributed by atoms with Crippen LogP contribution in [0.1, 0.15) is 93.9 Å². The van der Waals surface area contributed by atoms with Gasteiger partial charge in [-0.05, 0) is 109 Å². The van der Waals surface area contributed by atoms with Crippen LogP contribution in [0.2, 0.25) is 0 Å². The van der Waals surface area contributed by atoms with Gasteiger partial charge in [-0.3, -0.25) is 14.6 Å². The maximum absolute atomic E-state index is 14.2. The van der Waals surface area contributed by atoms with Crippen molar-refractivity contribution in [3.05, 3.63) is 124 Å². The zero-order valence-electron chi connectivity index (χ0n) is 34.0. The summed E-state index contributed by atoms with van der Waals surface area (Å²) in [5.41, 5.74) is 7.40. The summed E-state index contributed by atoms with van der Waals surface area (Å²) in [6, 6.07) is 19.0. The number of ether oxygens (including phenoxy) is 3. The summed E-state index contributed by atoms with van der Waals surface area (Å²) < 4.78 is 24.4. The second kappa shape index (κ2) is 17.0. The first kappa shape index (κ1) is 39.6. The molecular formula is C47H50N4O8. The van der Waals surface area contributed by atoms with E-state index >= 15 is 0 Å². The van der Waals surface area contributed by atoms with Gasteiger partial charge in [-0.1, -0.05) is 55.7 Å². The molecule has 3 unspecified atom stereocenters. The van der Waals surface area contributed by atoms with Crippen molar-refractivity contribution in [2.45, 2.75) is 97.4 Å². The summed E-state index contributed by atoms with van der Waals surface area (Å²) >= 11 is 0. The molecule has 0 bridgehead atoms. The van der Waals surface area contributed by atoms with Gasteiger partial charge >= 0.3 is 5.97 Å². The highest BCUT2D eigenvalue weighted by molar-refractivity contribution is 5.98. The lowest BCUT2D eigenvalue weighted by Crippen LogP contribution is -2.56. The van der Waals surface area contributed by atoms with Crippen molar-refractivity contribution < 1.29 is 38.1 Å². The van der Waals surface area contributed by atoms with Crippen LogP contribution in [0.3, 0.4) is 0 Å². The van der Waals surface area contributed by atoms with Crippen molar-refractivity contribution in [3.63, 3.8) is 0 Å². The minimum atomic E-state index is -1.25. The van der Waals surface area contributed by atoms with E-state index in [1.165, 1.54) is 37.0 Å². The third-order valence-electron chi connectivity index (χ3n) is 12.0. The van der Waals surface area contributed by atoms with Crippen molar-refractivity contribution in [1.82, 2.24) is 20.2 Å². The number of aromatic nitrogens is 2. The van der Waals surface area contributed by atoms with Crippen LogP contribution in [0.25, 0.3) is 11.1 Å². The van der Waals surface area contributed by atoms with Crippen LogP contribution < -0.4 is 19.5 Å². The largest absolute Gasteiger partial charge is 0.493 e. The minimum absolute atomic E-state index is 0.0463. The van der Waals surface area contributed by atoms with Crippen molar-refractivity contribution in [1.29, 1.82) is 0 Å². The maximum Gasteiger partial charge on any atom is 0.326 e. The van der Waals surface area contributed by atoms with Crippen molar-refractivity contribution >= 4 is 17.8 Å². The van der Waals surface area contributed by atoms with E-state index in [9.17, 15) is 19.5 Å². The van der Waals surface area contributed by atoms with Gasteiger partial charge in [-0.25, -0.2) is 9.78 Å². The highest BCUT2D eigenvalue weighted by Crippen LogP contribution is 2.41. The van der Waals surface area contributed by atoms with E-state index < -0.39 is 29.9 Å². The molecule has 59 heavy (non-hydrogen) atoms. The first-order valence-electron chi connectivity index (χ1n) is 20.5. The van der Waals surface area contributed by atoms with Crippen molar-refractivity contribution in [2.24, 2.45) is 5.92 Å². The van der Waals surface area contributed by atoms with E-state index in [0.717, 1.165) is 57.0 Å². The fourth-order valence-corrected chi connectivity index (χ4v) is 8.45. The van der Waals surface area contributed by atoms with E-state index in [0.29, 0.717) is 29.1 Å². The molecule has 1 saturated carbocycles. The van der Waals surface area contributed by atoms with Crippen molar-refractivity contribution in [2.75, 3.05) is 13.2 Å². The number of benzene rings is 3. The van der Waals surface area contributed by atoms with E-state index in [1.807, 2.05) is 80.6 Å². The second-order valence-electron chi connectivity index (χ2n) is 16.0. The number of nitrogens with one attached hydrogen (secondary N) is 1. The minimum Gasteiger partial charge on any atom is -0.493 e. The molecule has 2 aliphatic heterocycles. The summed E-state index contributed by atoms with van der Waals surface area (Å²) in [5, 5.41) is 13.0. The summed E-state index contributed by atoms with van der Waals surface area (Å²) in [4.78, 5) is 51.1. The summed E-state index contributed by atoms with van der Waals surface area (Å²) in [7, 11) is 0. The zero-order chi connectivity index (χ0) is 41.2. The Morgan fingerprint density at radius 2 is 1.68 bits per heavy atom. The molecule has 3 atom stereocenters. The average molecular weight is 799 g/mol. The molecular weight excluding hydrogens is 749 g/mol. The molecule has 12 heteroatoms. The molecule has 0 spiro atoms. The normalized spacial score (nSPS) is 18.1. The Hall–Kier alpha value is -6.17. The van der Waals surface area contributed by atoms with Gasteiger partial charge in [0.25, 0.3) is 5.91 Å². The molecule has 8 rings (SSSR count). The molecule has 3 aliphatic rings. The van der Waals surface area contributed by atoms with Gasteiger partial charge in [0.05, 0.1) is 6.61 Å². The van der Waals surface area contributed by atoms with Crippen LogP contribution in [0, 0.1) is 33.6 Å². The molecule has 3 aromatic carbocycles. The summed E-state index contributed by atoms with van der Waals surface area (Å²) in [5.74, 6) is 0.914. The van der Waals surface area contributed by atoms with Crippen LogP contribution in [0.4, 0.5) is 0 Å². The highest BCUT2D eigenvalue weighted by Gasteiger charge is 2.39. The number of hydrogen-bond acceptors (Lipinski definition) is 9. The first-order valence-corrected chi connectivity index (χ1v) is 20.5. The lowest BCUT2D eigenvalue weighted by molar-refractivity contribution is -0.142. The fraction of sp³-hybridized carbons (Fsp3) is 0.383. The Balaban J connectivity index is 0.994. The topological polar surface area (TPSA) is 153 Å². The number of pyridine rings is 1. The Bertz CT molecular complexity index is 2350. The average Bonchev–Trinajstić information content (AvgIpc) is 3.59. The number of hydrogen-bond donors (Lipinski definition) is 2. The number of aliphatic carboxylic acids is 1. The monoisotopic (exact) mass is 798 g/mol. The molecule has 1 aliphatic carbocycles. The van der Waals surface area contributed by atoms with E-state index in [2.05, 4.69) is 15.3 Å². The van der Waals surface area contributed by atoms with Gasteiger partial charge in [-0.15, -0.1) is 0 Å². The lowest BCUT2D eigenvalue weighted by Gasteiger charge is -2.37. The first-order chi connectivity index (χ1) is 28.5. The molecule has 5 aromatic rings. The third kappa shape index (κ3) is 8.67. The maximum atomic E-state index is 14.2. The fourth-order valence-electron chi connectivity index (χ4n) is 8.45. The second-order valence-corrected chi connectivity index (χ2v) is 16.0. The zero-order valence-corrected chi connectivity index (χ0v) is 34.0. The number of aryl methyl sites for hydroxylation is 3. The Labute approximate surface area is 343 Å². The standard InChI is InChI=1S/C47H50N4O8/c1-27-28(2)48-19-18-38(27)33-12-10-31(11-13-33)20-39(47(54)55)50-45(52)40-21-35-22-41-42(23-36(35)24-51(40)46(53)44-29(3)58-30(4)49-44)59-43(26-57-41)34-14-16-37(17-15-34)56-25-32-8-6-5-7-9-32/h10-19,22-23,32,39-40,43H,5-9,20-21,24-26H2,1-4H3,(H,50,52)(H,54,55). The number of carboxylic acids is 1. The molecule has 2 aromatic heterocycles. The molecule has 0 radical (unpaired) electrons. The number of amides is 2. The third-order valence-corrected chi connectivity index (χ3v) is 12.0. The van der Waals surface area contributed by atoms with Crippen molar-refractivity contribution in [3.8, 4) is 28.4 Å². The number of carbonyl (C=O) groups is 3. The van der Waals surface area contributed by atoms with Crippen LogP contribution in [0.15, 0.2) is 77.3 Å². The lowest BCUT2D eigenvalue weighted by atomic mass is 9.90. The van der Waals surface area contributed by atoms with Gasteiger partial charge in [0, 0.05) is 38.2 Å². The summed E-state index contributed by atoms with van der Waals surface area (Å²) in [6.45, 7) is 8.36. The van der Waals surface area contributed by atoms with Gasteiger partial charge in [0.1, 0.15) is 30.2 Å². The predicted molar refractivity (Wildman–Crippen MR) is 220 cm³/mol. The molecule has 2 N–H and O–H groups in total. The Morgan fingerprint density at radius 3 is 2.39 bits per heavy atom. The Kier molecular flexibility index (Phi) is 11.4. The van der Waals surface area contributed by atoms with Crippen LogP contribution in [0.5, 0.6) is 17.2 Å². The number of nitrogens with zero attached hydrogens (tertiary/aromatic N) is 3. The van der Waals surface area contributed by atoms with Crippen LogP contribution in [-0.4, -0.2) is 63.1 Å². The number of rotatable bonds is 11. The van der Waals surface area contributed by atoms with E-state index in [-0.39, 0.29) is 37.8 Å². The molecule has 4 heterocycles. The van der Waals surface area contributed by atoms with Crippen LogP contribution in [-0.2, 0) is 29.0 Å². The molecule has 0 saturated heterocycles. The Morgan fingerprint density at radius 1 is 0.932 bits per heavy atom. The van der Waals surface area contributed by atoms with E-state index in [1.54, 1.807) is 20.0 Å². The van der Waals surface area contributed by atoms with E-state index in [4.69, 9.17) is 18.6 Å². The highest BCUT2D eigenvalue weighted by atomic mass is 16.6. The molecule has 2 amide bonds.